The van der Waals surface area contributed by atoms with Gasteiger partial charge in [0.25, 0.3) is 0 Å². The molecule has 0 aliphatic heterocycles. The summed E-state index contributed by atoms with van der Waals surface area (Å²) in [6.45, 7) is 5.80. The first-order valence-electron chi connectivity index (χ1n) is 31.9. The maximum absolute atomic E-state index is 12.6. The van der Waals surface area contributed by atoms with E-state index in [1.165, 1.54) is 84.0 Å². The molecule has 1 aliphatic rings. The molecule has 482 valence electrons. The fourth-order valence-electron chi connectivity index (χ4n) is 10.1. The molecule has 0 saturated heterocycles. The molecule has 2 atom stereocenters. The molecule has 1 saturated carbocycles. The van der Waals surface area contributed by atoms with Gasteiger partial charge in [0.15, 0.2) is 5.78 Å². The second kappa shape index (κ2) is 53.5. The molecule has 0 radical (unpaired) electrons. The van der Waals surface area contributed by atoms with Crippen LogP contribution in [0.1, 0.15) is 231 Å². The van der Waals surface area contributed by atoms with Crippen molar-refractivity contribution in [3.8, 4) is 0 Å². The number of carbonyl (C=O) groups is 9. The first kappa shape index (κ1) is 77.1. The minimum absolute atomic E-state index is 0.00497. The Morgan fingerprint density at radius 1 is 0.571 bits per heavy atom. The quantitative estimate of drug-likeness (QED) is 0.0298. The van der Waals surface area contributed by atoms with Crippen LogP contribution in [0.4, 0.5) is 0 Å². The lowest BCUT2D eigenvalue weighted by Crippen LogP contribution is -2.39. The number of aliphatic carboxylic acids is 3. The van der Waals surface area contributed by atoms with Crippen LogP contribution in [-0.2, 0) is 68.5 Å². The van der Waals surface area contributed by atoms with Crippen LogP contribution in [-0.4, -0.2) is 157 Å². The Hall–Kier alpha value is -4.96. The van der Waals surface area contributed by atoms with Gasteiger partial charge in [0.1, 0.15) is 36.6 Å². The lowest BCUT2D eigenvalue weighted by atomic mass is 9.76. The molecule has 0 bridgehead atoms. The number of carboxylic acids is 3. The topological polar surface area (TPSA) is 316 Å². The fourth-order valence-corrected chi connectivity index (χ4v) is 10.1. The van der Waals surface area contributed by atoms with Gasteiger partial charge in [-0.2, -0.15) is 0 Å². The summed E-state index contributed by atoms with van der Waals surface area (Å²) in [5.41, 5.74) is 0.856. The molecule has 84 heavy (non-hydrogen) atoms. The number of ketones is 4. The van der Waals surface area contributed by atoms with E-state index in [1.807, 2.05) is 6.92 Å². The minimum Gasteiger partial charge on any atom is -0.481 e. The molecule has 0 spiro atoms. The summed E-state index contributed by atoms with van der Waals surface area (Å²) in [4.78, 5) is 111. The van der Waals surface area contributed by atoms with Crippen molar-refractivity contribution in [1.82, 2.24) is 25.9 Å². The Morgan fingerprint density at radius 3 is 1.62 bits per heavy atom. The molecule has 7 N–H and O–H groups in total. The van der Waals surface area contributed by atoms with E-state index in [4.69, 9.17) is 24.1 Å². The van der Waals surface area contributed by atoms with E-state index in [-0.39, 0.29) is 81.1 Å². The molecule has 2 rings (SSSR count). The Balaban J connectivity index is 0.000000841. The molecule has 0 unspecified atom stereocenters. The molecule has 1 aromatic heterocycles. The average molecular weight is 1190 g/mol. The zero-order valence-electron chi connectivity index (χ0n) is 51.4. The van der Waals surface area contributed by atoms with Crippen molar-refractivity contribution >= 4 is 52.9 Å². The molecule has 1 heterocycles. The van der Waals surface area contributed by atoms with Gasteiger partial charge >= 0.3 is 17.9 Å². The van der Waals surface area contributed by atoms with Crippen molar-refractivity contribution in [2.24, 2.45) is 17.8 Å². The van der Waals surface area contributed by atoms with Crippen molar-refractivity contribution in [3.63, 3.8) is 0 Å². The van der Waals surface area contributed by atoms with Gasteiger partial charge in [-0.05, 0) is 76.5 Å². The molecular weight excluding hydrogens is 1080 g/mol. The molecular formula is C63H109N5O16. The van der Waals surface area contributed by atoms with Gasteiger partial charge in [-0.1, -0.05) is 116 Å². The third kappa shape index (κ3) is 47.3. The lowest BCUT2D eigenvalue weighted by molar-refractivity contribution is -0.144. The number of hydrogen-bond donors (Lipinski definition) is 7. The van der Waals surface area contributed by atoms with Crippen molar-refractivity contribution in [1.29, 1.82) is 0 Å². The first-order chi connectivity index (χ1) is 40.6. The van der Waals surface area contributed by atoms with Gasteiger partial charge in [0.2, 0.25) is 11.8 Å². The largest absolute Gasteiger partial charge is 0.481 e. The number of amides is 2. The highest BCUT2D eigenvalue weighted by atomic mass is 16.5. The number of aryl methyl sites for hydroxylation is 1. The normalized spacial score (nSPS) is 14.6. The summed E-state index contributed by atoms with van der Waals surface area (Å²) in [5.74, 6) is -2.47. The van der Waals surface area contributed by atoms with Gasteiger partial charge in [0, 0.05) is 76.3 Å². The van der Waals surface area contributed by atoms with Crippen molar-refractivity contribution in [2.45, 2.75) is 238 Å². The second-order valence-electron chi connectivity index (χ2n) is 22.5. The summed E-state index contributed by atoms with van der Waals surface area (Å²) in [6, 6.07) is -0.810. The second-order valence-corrected chi connectivity index (χ2v) is 22.5. The van der Waals surface area contributed by atoms with E-state index in [0.29, 0.717) is 115 Å². The number of nitrogens with zero attached hydrogens (tertiary/aromatic N) is 1. The monoisotopic (exact) mass is 1190 g/mol. The van der Waals surface area contributed by atoms with E-state index in [1.54, 1.807) is 12.5 Å². The van der Waals surface area contributed by atoms with E-state index in [0.717, 1.165) is 69.9 Å². The SMILES string of the molecule is CC(=O)NCCOCCOCC(=O)NCCOCCOCC(=O)CCCCC[C@H](NCC(=O)CCc1cnc[nH]1)C(=O)O.CCC[C@H](CC(=O)C1CCC(CCC(=O)CCCCCCCCCCCCCCCCCCC(=O)O)CC1)C(=O)O. The minimum atomic E-state index is -1.00. The number of Topliss-reactive ketones (excluding diaryl/α,β-unsaturated/α-hetero) is 4. The first-order valence-corrected chi connectivity index (χ1v) is 31.9. The van der Waals surface area contributed by atoms with Crippen LogP contribution in [0, 0.1) is 17.8 Å². The average Bonchev–Trinajstić information content (AvgIpc) is 4.14. The number of H-pyrrole nitrogens is 1. The number of nitrogens with one attached hydrogen (secondary N) is 4. The summed E-state index contributed by atoms with van der Waals surface area (Å²) < 4.78 is 21.1. The van der Waals surface area contributed by atoms with Gasteiger partial charge in [0.05, 0.1) is 58.4 Å². The third-order valence-electron chi connectivity index (χ3n) is 15.1. The van der Waals surface area contributed by atoms with Gasteiger partial charge in [-0.15, -0.1) is 0 Å². The Labute approximate surface area is 501 Å². The maximum atomic E-state index is 12.6. The number of rotatable bonds is 57. The zero-order valence-corrected chi connectivity index (χ0v) is 51.4. The zero-order chi connectivity index (χ0) is 61.7. The number of imidazole rings is 1. The van der Waals surface area contributed by atoms with Crippen LogP contribution in [0.5, 0.6) is 0 Å². The summed E-state index contributed by atoms with van der Waals surface area (Å²) in [5, 5.41) is 35.4. The number of unbranched alkanes of at least 4 members (excludes halogenated alkanes) is 17. The maximum Gasteiger partial charge on any atom is 0.320 e. The van der Waals surface area contributed by atoms with Gasteiger partial charge < -0.3 is 49.9 Å². The van der Waals surface area contributed by atoms with Crippen LogP contribution in [0.15, 0.2) is 12.5 Å². The van der Waals surface area contributed by atoms with Crippen molar-refractivity contribution < 1.29 is 77.4 Å². The number of hydrogen-bond acceptors (Lipinski definition) is 15. The van der Waals surface area contributed by atoms with Crippen LogP contribution in [0.3, 0.4) is 0 Å². The molecule has 2 amide bonds. The molecule has 21 nitrogen and oxygen atoms in total. The third-order valence-corrected chi connectivity index (χ3v) is 15.1. The number of ether oxygens (including phenoxy) is 4. The van der Waals surface area contributed by atoms with Crippen molar-refractivity contribution in [3.05, 3.63) is 18.2 Å². The van der Waals surface area contributed by atoms with Gasteiger partial charge in [-0.3, -0.25) is 48.5 Å². The molecule has 1 aromatic rings. The number of aromatic nitrogens is 2. The number of aromatic amines is 1. The standard InChI is InChI=1S/C35H62O6.C28H47N5O10/c1-2-19-31(35(40)41)28-33(37)30-25-22-29(23-26-30)24-27-32(36)20-17-15-13-11-9-7-5-3-4-6-8-10-12-14-16-18-21-34(38)39;1-22(34)30-9-11-40-14-16-43-20-27(37)31-10-12-41-13-15-42-19-25(36)5-3-2-4-6-26(28(38)39)32-18-24(35)8-7-23-17-29-21-33-23/h29-31H,2-28H2,1H3,(H,38,39)(H,40,41);17,21,26,32H,2-16,18-20H2,1H3,(H,29,33)(H,30,34)(H,31,37)(H,38,39)/t29?,30?,31-;26-/m10/s1. The van der Waals surface area contributed by atoms with E-state index < -0.39 is 29.9 Å². The molecule has 0 aromatic carbocycles. The Morgan fingerprint density at radius 2 is 1.10 bits per heavy atom. The summed E-state index contributed by atoms with van der Waals surface area (Å²) in [7, 11) is 0. The van der Waals surface area contributed by atoms with Crippen LogP contribution in [0.2, 0.25) is 0 Å². The summed E-state index contributed by atoms with van der Waals surface area (Å²) in [6.07, 6.45) is 34.1. The molecule has 1 fully saturated rings. The van der Waals surface area contributed by atoms with E-state index in [9.17, 15) is 53.4 Å². The van der Waals surface area contributed by atoms with Crippen molar-refractivity contribution in [2.75, 3.05) is 72.5 Å². The highest BCUT2D eigenvalue weighted by Gasteiger charge is 2.30. The Kier molecular flexibility index (Phi) is 49.1. The number of carbonyl (C=O) groups excluding carboxylic acids is 6. The smallest absolute Gasteiger partial charge is 0.320 e. The van der Waals surface area contributed by atoms with Crippen LogP contribution in [0.25, 0.3) is 0 Å². The lowest BCUT2D eigenvalue weighted by Gasteiger charge is -2.28. The van der Waals surface area contributed by atoms with Gasteiger partial charge in [-0.25, -0.2) is 4.98 Å². The van der Waals surface area contributed by atoms with Crippen LogP contribution < -0.4 is 16.0 Å². The molecule has 21 heteroatoms. The Bertz CT molecular complexity index is 1910. The highest BCUT2D eigenvalue weighted by molar-refractivity contribution is 5.86. The van der Waals surface area contributed by atoms with E-state index >= 15 is 0 Å². The predicted octanol–water partition coefficient (Wildman–Crippen LogP) is 9.50. The summed E-state index contributed by atoms with van der Waals surface area (Å²) >= 11 is 0. The number of carboxylic acid groups (broad SMARTS) is 3. The van der Waals surface area contributed by atoms with E-state index in [2.05, 4.69) is 25.9 Å². The van der Waals surface area contributed by atoms with Crippen LogP contribution >= 0.6 is 0 Å². The molecule has 1 aliphatic carbocycles. The highest BCUT2D eigenvalue weighted by Crippen LogP contribution is 2.34. The fraction of sp³-hybridized carbons (Fsp3) is 0.810. The predicted molar refractivity (Wildman–Crippen MR) is 320 cm³/mol.